The maximum Gasteiger partial charge on any atom is 0.409 e. The summed E-state index contributed by atoms with van der Waals surface area (Å²) in [6.45, 7) is 8.56. The third-order valence-corrected chi connectivity index (χ3v) is 11.2. The van der Waals surface area contributed by atoms with Gasteiger partial charge in [0.2, 0.25) is 0 Å². The van der Waals surface area contributed by atoms with Crippen LogP contribution in [-0.4, -0.2) is 75.0 Å². The molecular formula is C37H40FN7O4S. The second-order valence-electron chi connectivity index (χ2n) is 14.4. The fourth-order valence-corrected chi connectivity index (χ4v) is 8.32. The van der Waals surface area contributed by atoms with Gasteiger partial charge in [0.05, 0.1) is 25.2 Å². The van der Waals surface area contributed by atoms with Gasteiger partial charge in [-0.05, 0) is 67.0 Å². The fourth-order valence-electron chi connectivity index (χ4n) is 7.79. The van der Waals surface area contributed by atoms with Gasteiger partial charge in [-0.2, -0.15) is 0 Å². The SMILES string of the molecule is CC(C)COC(=O)N1CCC2(CC1)CN(c1ccc(-c3cc(F)c4c(c3)C(=O)N(C(C(=O)Nc3nccs3)c3ncn5c3CCC5)C4)cc1)C2. The quantitative estimate of drug-likeness (QED) is 0.236. The van der Waals surface area contributed by atoms with Crippen LogP contribution in [0, 0.1) is 17.2 Å². The van der Waals surface area contributed by atoms with Crippen LogP contribution in [0.15, 0.2) is 54.3 Å². The number of halogens is 1. The van der Waals surface area contributed by atoms with Crippen molar-refractivity contribution in [2.75, 3.05) is 43.0 Å². The molecule has 11 nitrogen and oxygen atoms in total. The molecule has 4 aliphatic rings. The molecule has 0 radical (unpaired) electrons. The van der Waals surface area contributed by atoms with Gasteiger partial charge in [-0.1, -0.05) is 26.0 Å². The summed E-state index contributed by atoms with van der Waals surface area (Å²) in [5.74, 6) is -0.984. The van der Waals surface area contributed by atoms with Crippen LogP contribution in [0.2, 0.25) is 0 Å². The third-order valence-electron chi connectivity index (χ3n) is 10.5. The molecule has 0 saturated carbocycles. The molecule has 3 amide bonds. The van der Waals surface area contributed by atoms with Crippen molar-refractivity contribution in [2.24, 2.45) is 11.3 Å². The van der Waals surface area contributed by atoms with Gasteiger partial charge >= 0.3 is 6.09 Å². The average Bonchev–Trinajstić information content (AvgIpc) is 3.91. The Bertz CT molecular complexity index is 1930. The molecule has 2 aromatic carbocycles. The van der Waals surface area contributed by atoms with Gasteiger partial charge in [0, 0.05) is 72.2 Å². The first-order valence-corrected chi connectivity index (χ1v) is 18.2. The third kappa shape index (κ3) is 5.91. The van der Waals surface area contributed by atoms with Gasteiger partial charge < -0.3 is 24.0 Å². The first kappa shape index (κ1) is 32.4. The molecule has 1 N–H and O–H groups in total. The minimum atomic E-state index is -1.03. The lowest BCUT2D eigenvalue weighted by Gasteiger charge is -2.54. The molecular weight excluding hydrogens is 658 g/mol. The molecule has 2 aromatic heterocycles. The lowest BCUT2D eigenvalue weighted by molar-refractivity contribution is -0.121. The van der Waals surface area contributed by atoms with Crippen LogP contribution < -0.4 is 10.2 Å². The number of fused-ring (bicyclic) bond motifs is 2. The van der Waals surface area contributed by atoms with E-state index >= 15 is 4.39 Å². The van der Waals surface area contributed by atoms with Crippen molar-refractivity contribution in [3.05, 3.63) is 82.6 Å². The number of carbonyl (C=O) groups is 3. The fraction of sp³-hybridized carbons (Fsp3) is 0.432. The highest BCUT2D eigenvalue weighted by molar-refractivity contribution is 7.13. The number of amides is 3. The first-order valence-electron chi connectivity index (χ1n) is 17.3. The summed E-state index contributed by atoms with van der Waals surface area (Å²) in [5.41, 5.74) is 4.69. The number of anilines is 2. The van der Waals surface area contributed by atoms with E-state index in [1.807, 2.05) is 47.6 Å². The molecule has 2 fully saturated rings. The summed E-state index contributed by atoms with van der Waals surface area (Å²) in [5, 5.41) is 5.03. The number of ether oxygens (including phenoxy) is 1. The first-order chi connectivity index (χ1) is 24.2. The number of aryl methyl sites for hydroxylation is 1. The monoisotopic (exact) mass is 697 g/mol. The summed E-state index contributed by atoms with van der Waals surface area (Å²) in [7, 11) is 0. The zero-order valence-corrected chi connectivity index (χ0v) is 29.0. The normalized spacial score (nSPS) is 18.3. The van der Waals surface area contributed by atoms with Crippen molar-refractivity contribution in [1.82, 2.24) is 24.3 Å². The average molecular weight is 698 g/mol. The summed E-state index contributed by atoms with van der Waals surface area (Å²) in [4.78, 5) is 54.5. The molecule has 0 aliphatic carbocycles. The Labute approximate surface area is 294 Å². The smallest absolute Gasteiger partial charge is 0.409 e. The maximum absolute atomic E-state index is 15.8. The van der Waals surface area contributed by atoms with Crippen molar-refractivity contribution < 1.29 is 23.5 Å². The lowest BCUT2D eigenvalue weighted by atomic mass is 9.72. The number of hydrogen-bond donors (Lipinski definition) is 1. The predicted octanol–water partition coefficient (Wildman–Crippen LogP) is 6.12. The van der Waals surface area contributed by atoms with Crippen LogP contribution >= 0.6 is 11.3 Å². The van der Waals surface area contributed by atoms with Crippen LogP contribution in [0.25, 0.3) is 11.1 Å². The van der Waals surface area contributed by atoms with Crippen molar-refractivity contribution in [3.63, 3.8) is 0 Å². The van der Waals surface area contributed by atoms with E-state index in [2.05, 4.69) is 20.2 Å². The van der Waals surface area contributed by atoms with E-state index in [1.165, 1.54) is 22.3 Å². The number of aromatic nitrogens is 3. The molecule has 1 atom stereocenters. The Morgan fingerprint density at radius 3 is 2.56 bits per heavy atom. The molecule has 1 spiro atoms. The number of benzene rings is 2. The highest BCUT2D eigenvalue weighted by Gasteiger charge is 2.46. The van der Waals surface area contributed by atoms with Gasteiger partial charge in [0.15, 0.2) is 11.2 Å². The zero-order valence-electron chi connectivity index (χ0n) is 28.2. The molecule has 13 heteroatoms. The summed E-state index contributed by atoms with van der Waals surface area (Å²) < 4.78 is 23.2. The van der Waals surface area contributed by atoms with E-state index in [0.29, 0.717) is 42.0 Å². The predicted molar refractivity (Wildman–Crippen MR) is 187 cm³/mol. The molecule has 4 aromatic rings. The van der Waals surface area contributed by atoms with Gasteiger partial charge in [0.1, 0.15) is 5.82 Å². The highest BCUT2D eigenvalue weighted by Crippen LogP contribution is 2.43. The maximum atomic E-state index is 15.8. The number of likely N-dealkylation sites (tertiary alicyclic amines) is 1. The number of nitrogens with zero attached hydrogens (tertiary/aromatic N) is 6. The Morgan fingerprint density at radius 2 is 1.84 bits per heavy atom. The Hall–Kier alpha value is -4.78. The van der Waals surface area contributed by atoms with E-state index in [1.54, 1.807) is 24.0 Å². The van der Waals surface area contributed by atoms with Crippen LogP contribution in [0.3, 0.4) is 0 Å². The van der Waals surface area contributed by atoms with Gasteiger partial charge in [-0.25, -0.2) is 19.2 Å². The lowest BCUT2D eigenvalue weighted by Crippen LogP contribution is -2.61. The van der Waals surface area contributed by atoms with Crippen LogP contribution in [-0.2, 0) is 29.0 Å². The number of carbonyl (C=O) groups excluding carboxylic acids is 3. The van der Waals surface area contributed by atoms with E-state index in [4.69, 9.17) is 4.74 Å². The molecule has 6 heterocycles. The van der Waals surface area contributed by atoms with Crippen molar-refractivity contribution >= 4 is 40.1 Å². The second-order valence-corrected chi connectivity index (χ2v) is 15.3. The molecule has 50 heavy (non-hydrogen) atoms. The minimum absolute atomic E-state index is 0.0327. The molecule has 1 unspecified atom stereocenters. The number of rotatable bonds is 8. The number of hydrogen-bond acceptors (Lipinski definition) is 8. The molecule has 260 valence electrons. The number of nitrogens with one attached hydrogen (secondary N) is 1. The second kappa shape index (κ2) is 12.8. The van der Waals surface area contributed by atoms with E-state index in [-0.39, 0.29) is 29.2 Å². The van der Waals surface area contributed by atoms with E-state index in [0.717, 1.165) is 62.3 Å². The largest absolute Gasteiger partial charge is 0.449 e. The molecule has 4 aliphatic heterocycles. The minimum Gasteiger partial charge on any atom is -0.449 e. The Kier molecular flexibility index (Phi) is 8.32. The summed E-state index contributed by atoms with van der Waals surface area (Å²) in [6, 6.07) is 10.2. The topological polar surface area (TPSA) is 113 Å². The summed E-state index contributed by atoms with van der Waals surface area (Å²) in [6.07, 6.45) is 6.70. The van der Waals surface area contributed by atoms with Gasteiger partial charge in [0.25, 0.3) is 11.8 Å². The molecule has 0 bridgehead atoms. The van der Waals surface area contributed by atoms with Crippen LogP contribution in [0.5, 0.6) is 0 Å². The van der Waals surface area contributed by atoms with Gasteiger partial charge in [-0.3, -0.25) is 14.9 Å². The van der Waals surface area contributed by atoms with Crippen LogP contribution in [0.1, 0.15) is 66.5 Å². The van der Waals surface area contributed by atoms with Crippen molar-refractivity contribution in [3.8, 4) is 11.1 Å². The standard InChI is InChI=1S/C37H40FN7O4S/c1-23(2)19-49-36(48)42-13-9-37(10-14-42)20-44(21-37)26-7-5-24(6-8-26)25-16-27-28(29(38)17-25)18-45(34(27)47)32(33(46)41-35-39-11-15-50-35)31-30-4-3-12-43(30)22-40-31/h5-8,11,15-17,22-23,32H,3-4,9-10,12-14,18-21H2,1-2H3,(H,39,41,46). The highest BCUT2D eigenvalue weighted by atomic mass is 32.1. The number of imidazole rings is 1. The number of thiazole rings is 1. The van der Waals surface area contributed by atoms with Crippen molar-refractivity contribution in [2.45, 2.75) is 58.7 Å². The van der Waals surface area contributed by atoms with E-state index < -0.39 is 23.7 Å². The number of piperidine rings is 1. The molecule has 8 rings (SSSR count). The van der Waals surface area contributed by atoms with Gasteiger partial charge in [-0.15, -0.1) is 11.3 Å². The molecule has 2 saturated heterocycles. The zero-order chi connectivity index (χ0) is 34.6. The summed E-state index contributed by atoms with van der Waals surface area (Å²) >= 11 is 1.29. The van der Waals surface area contributed by atoms with E-state index in [9.17, 15) is 14.4 Å². The Morgan fingerprint density at radius 1 is 1.06 bits per heavy atom. The Balaban J connectivity index is 0.960. The van der Waals surface area contributed by atoms with Crippen LogP contribution in [0.4, 0.5) is 20.0 Å². The van der Waals surface area contributed by atoms with Crippen molar-refractivity contribution in [1.29, 1.82) is 0 Å².